The summed E-state index contributed by atoms with van der Waals surface area (Å²) in [5.41, 5.74) is 4.29. The molecule has 0 saturated heterocycles. The number of halogens is 1. The van der Waals surface area contributed by atoms with Crippen molar-refractivity contribution in [3.8, 4) is 5.75 Å². The lowest BCUT2D eigenvalue weighted by molar-refractivity contribution is 0.414. The summed E-state index contributed by atoms with van der Waals surface area (Å²) in [4.78, 5) is 4.48. The SMILES string of the molecule is COc1ccc(Br)c(C(=Nc2ccccc2)NN)c1. The van der Waals surface area contributed by atoms with E-state index in [1.165, 1.54) is 0 Å². The molecule has 3 N–H and O–H groups in total. The summed E-state index contributed by atoms with van der Waals surface area (Å²) in [6, 6.07) is 15.2. The Morgan fingerprint density at radius 1 is 1.21 bits per heavy atom. The Morgan fingerprint density at radius 2 is 1.95 bits per heavy atom. The van der Waals surface area contributed by atoms with Crippen LogP contribution in [0, 0.1) is 0 Å². The van der Waals surface area contributed by atoms with Crippen LogP contribution in [0.5, 0.6) is 5.75 Å². The maximum atomic E-state index is 5.57. The third-order valence-corrected chi connectivity index (χ3v) is 3.25. The second kappa shape index (κ2) is 6.36. The van der Waals surface area contributed by atoms with Crippen molar-refractivity contribution >= 4 is 27.5 Å². The quantitative estimate of drug-likeness (QED) is 0.396. The molecule has 0 aliphatic carbocycles. The lowest BCUT2D eigenvalue weighted by Crippen LogP contribution is -2.31. The molecule has 0 radical (unpaired) electrons. The first kappa shape index (κ1) is 13.6. The number of methoxy groups -OCH3 is 1. The zero-order chi connectivity index (χ0) is 13.7. The highest BCUT2D eigenvalue weighted by atomic mass is 79.9. The Morgan fingerprint density at radius 3 is 2.58 bits per heavy atom. The molecule has 0 atom stereocenters. The molecule has 4 nitrogen and oxygen atoms in total. The number of aliphatic imine (C=N–C) groups is 1. The van der Waals surface area contributed by atoms with Gasteiger partial charge in [-0.15, -0.1) is 0 Å². The zero-order valence-corrected chi connectivity index (χ0v) is 12.0. The van der Waals surface area contributed by atoms with Gasteiger partial charge in [0.25, 0.3) is 0 Å². The Bertz CT molecular complexity index is 584. The first-order chi connectivity index (χ1) is 9.24. The van der Waals surface area contributed by atoms with Crippen molar-refractivity contribution in [1.29, 1.82) is 0 Å². The lowest BCUT2D eigenvalue weighted by atomic mass is 10.2. The average molecular weight is 320 g/mol. The van der Waals surface area contributed by atoms with Crippen LogP contribution >= 0.6 is 15.9 Å². The fraction of sp³-hybridized carbons (Fsp3) is 0.0714. The number of hydrogen-bond donors (Lipinski definition) is 2. The third-order valence-electron chi connectivity index (χ3n) is 2.56. The van der Waals surface area contributed by atoms with E-state index in [1.807, 2.05) is 48.5 Å². The molecular weight excluding hydrogens is 306 g/mol. The summed E-state index contributed by atoms with van der Waals surface area (Å²) in [6.45, 7) is 0. The van der Waals surface area contributed by atoms with Crippen LogP contribution in [0.1, 0.15) is 5.56 Å². The van der Waals surface area contributed by atoms with Crippen LogP contribution in [0.15, 0.2) is 58.0 Å². The number of rotatable bonds is 3. The molecule has 0 heterocycles. The van der Waals surface area contributed by atoms with E-state index < -0.39 is 0 Å². The second-order valence-electron chi connectivity index (χ2n) is 3.79. The molecule has 0 unspecified atom stereocenters. The predicted molar refractivity (Wildman–Crippen MR) is 80.7 cm³/mol. The van der Waals surface area contributed by atoms with Gasteiger partial charge < -0.3 is 10.2 Å². The van der Waals surface area contributed by atoms with Crippen LogP contribution in [0.2, 0.25) is 0 Å². The zero-order valence-electron chi connectivity index (χ0n) is 10.4. The van der Waals surface area contributed by atoms with Crippen LogP contribution < -0.4 is 16.0 Å². The second-order valence-corrected chi connectivity index (χ2v) is 4.64. The van der Waals surface area contributed by atoms with E-state index in [9.17, 15) is 0 Å². The van der Waals surface area contributed by atoms with Gasteiger partial charge in [-0.3, -0.25) is 0 Å². The topological polar surface area (TPSA) is 59.6 Å². The van der Waals surface area contributed by atoms with Gasteiger partial charge in [-0.25, -0.2) is 10.8 Å². The molecule has 5 heteroatoms. The van der Waals surface area contributed by atoms with Gasteiger partial charge in [-0.2, -0.15) is 0 Å². The Balaban J connectivity index is 2.45. The van der Waals surface area contributed by atoms with Crippen molar-refractivity contribution in [3.05, 3.63) is 58.6 Å². The highest BCUT2D eigenvalue weighted by molar-refractivity contribution is 9.10. The van der Waals surface area contributed by atoms with Crippen molar-refractivity contribution in [2.75, 3.05) is 7.11 Å². The van der Waals surface area contributed by atoms with E-state index in [-0.39, 0.29) is 0 Å². The van der Waals surface area contributed by atoms with Crippen LogP contribution in [-0.4, -0.2) is 12.9 Å². The fourth-order valence-electron chi connectivity index (χ4n) is 1.61. The molecule has 0 saturated carbocycles. The van der Waals surface area contributed by atoms with E-state index in [2.05, 4.69) is 26.3 Å². The predicted octanol–water partition coefficient (Wildman–Crippen LogP) is 3.00. The maximum absolute atomic E-state index is 5.57. The number of amidine groups is 1. The molecule has 2 aromatic carbocycles. The Labute approximate surface area is 120 Å². The minimum absolute atomic E-state index is 0.567. The van der Waals surface area contributed by atoms with Gasteiger partial charge in [0.2, 0.25) is 0 Å². The maximum Gasteiger partial charge on any atom is 0.149 e. The molecule has 98 valence electrons. The van der Waals surface area contributed by atoms with E-state index in [0.29, 0.717) is 5.84 Å². The van der Waals surface area contributed by atoms with Gasteiger partial charge in [0.1, 0.15) is 11.6 Å². The third kappa shape index (κ3) is 3.33. The lowest BCUT2D eigenvalue weighted by Gasteiger charge is -2.10. The molecule has 0 aromatic heterocycles. The smallest absolute Gasteiger partial charge is 0.149 e. The van der Waals surface area contributed by atoms with Gasteiger partial charge in [-0.05, 0) is 30.3 Å². The van der Waals surface area contributed by atoms with Crippen LogP contribution in [0.4, 0.5) is 5.69 Å². The van der Waals surface area contributed by atoms with Crippen molar-refractivity contribution in [1.82, 2.24) is 5.43 Å². The van der Waals surface area contributed by atoms with Crippen molar-refractivity contribution in [2.45, 2.75) is 0 Å². The van der Waals surface area contributed by atoms with Crippen LogP contribution in [0.3, 0.4) is 0 Å². The minimum Gasteiger partial charge on any atom is -0.497 e. The van der Waals surface area contributed by atoms with Crippen LogP contribution in [0.25, 0.3) is 0 Å². The molecule has 2 rings (SSSR count). The molecule has 0 bridgehead atoms. The number of nitrogens with one attached hydrogen (secondary N) is 1. The molecule has 19 heavy (non-hydrogen) atoms. The van der Waals surface area contributed by atoms with Gasteiger partial charge in [0, 0.05) is 10.0 Å². The highest BCUT2D eigenvalue weighted by Gasteiger charge is 2.08. The summed E-state index contributed by atoms with van der Waals surface area (Å²) in [6.07, 6.45) is 0. The number of benzene rings is 2. The summed E-state index contributed by atoms with van der Waals surface area (Å²) < 4.78 is 6.10. The summed E-state index contributed by atoms with van der Waals surface area (Å²) in [7, 11) is 1.62. The monoisotopic (exact) mass is 319 g/mol. The van der Waals surface area contributed by atoms with Gasteiger partial charge in [0.15, 0.2) is 0 Å². The average Bonchev–Trinajstić information content (AvgIpc) is 2.47. The van der Waals surface area contributed by atoms with Gasteiger partial charge in [-0.1, -0.05) is 34.1 Å². The van der Waals surface area contributed by atoms with Crippen LogP contribution in [-0.2, 0) is 0 Å². The highest BCUT2D eigenvalue weighted by Crippen LogP contribution is 2.23. The van der Waals surface area contributed by atoms with Gasteiger partial charge >= 0.3 is 0 Å². The number of nitrogens with two attached hydrogens (primary N) is 1. The molecule has 2 aromatic rings. The molecular formula is C14H14BrN3O. The first-order valence-electron chi connectivity index (χ1n) is 5.69. The van der Waals surface area contributed by atoms with E-state index in [0.717, 1.165) is 21.5 Å². The van der Waals surface area contributed by atoms with Gasteiger partial charge in [0.05, 0.1) is 12.8 Å². The van der Waals surface area contributed by atoms with E-state index in [1.54, 1.807) is 7.11 Å². The normalized spacial score (nSPS) is 11.2. The summed E-state index contributed by atoms with van der Waals surface area (Å²) in [5, 5.41) is 0. The van der Waals surface area contributed by atoms with Crippen molar-refractivity contribution in [3.63, 3.8) is 0 Å². The minimum atomic E-state index is 0.567. The van der Waals surface area contributed by atoms with E-state index in [4.69, 9.17) is 10.6 Å². The molecule has 0 spiro atoms. The molecule has 0 aliphatic rings. The largest absolute Gasteiger partial charge is 0.497 e. The standard InChI is InChI=1S/C14H14BrN3O/c1-19-11-7-8-13(15)12(9-11)14(18-16)17-10-5-3-2-4-6-10/h2-9H,16H2,1H3,(H,17,18). The van der Waals surface area contributed by atoms with Crippen molar-refractivity contribution < 1.29 is 4.74 Å². The number of para-hydroxylation sites is 1. The number of hydrazine groups is 1. The first-order valence-corrected chi connectivity index (χ1v) is 6.48. The van der Waals surface area contributed by atoms with E-state index >= 15 is 0 Å². The molecule has 0 amide bonds. The Hall–Kier alpha value is -1.85. The number of hydrogen-bond acceptors (Lipinski definition) is 3. The number of nitrogens with zero attached hydrogens (tertiary/aromatic N) is 1. The number of ether oxygens (including phenoxy) is 1. The Kier molecular flexibility index (Phi) is 4.54. The van der Waals surface area contributed by atoms with Crippen molar-refractivity contribution in [2.24, 2.45) is 10.8 Å². The summed E-state index contributed by atoms with van der Waals surface area (Å²) >= 11 is 3.48. The molecule has 0 fully saturated rings. The summed E-state index contributed by atoms with van der Waals surface area (Å²) in [5.74, 6) is 6.88. The molecule has 0 aliphatic heterocycles. The fourth-order valence-corrected chi connectivity index (χ4v) is 2.05.